The number of ether oxygens (including phenoxy) is 1. The molecule has 3 rings (SSSR count). The third kappa shape index (κ3) is 4.14. The molecule has 0 aliphatic heterocycles. The van der Waals surface area contributed by atoms with Crippen molar-refractivity contribution in [1.29, 1.82) is 0 Å². The molecule has 1 atom stereocenters. The number of hydrogen-bond acceptors (Lipinski definition) is 4. The summed E-state index contributed by atoms with van der Waals surface area (Å²) in [6.07, 6.45) is 2.45. The third-order valence-corrected chi connectivity index (χ3v) is 5.55. The van der Waals surface area contributed by atoms with Gasteiger partial charge < -0.3 is 4.74 Å². The minimum atomic E-state index is -0.756. The van der Waals surface area contributed by atoms with E-state index in [4.69, 9.17) is 16.3 Å². The number of carbonyl (C=O) groups is 2. The van der Waals surface area contributed by atoms with Gasteiger partial charge in [-0.05, 0) is 68.5 Å². The monoisotopic (exact) mass is 378 g/mol. The van der Waals surface area contributed by atoms with E-state index in [1.165, 1.54) is 21.8 Å². The maximum absolute atomic E-state index is 12.2. The Morgan fingerprint density at radius 1 is 1.24 bits per heavy atom. The van der Waals surface area contributed by atoms with Crippen LogP contribution in [0.4, 0.5) is 0 Å². The number of carbonyl (C=O) groups excluding carboxylic acids is 2. The molecule has 2 aromatic rings. The fraction of sp³-hybridized carbons (Fsp3) is 0.333. The first kappa shape index (κ1) is 17.8. The van der Waals surface area contributed by atoms with Crippen molar-refractivity contribution in [2.24, 2.45) is 0 Å². The van der Waals surface area contributed by atoms with E-state index in [-0.39, 0.29) is 5.91 Å². The highest BCUT2D eigenvalue weighted by molar-refractivity contribution is 7.14. The Labute approximate surface area is 155 Å². The molecule has 132 valence electrons. The van der Waals surface area contributed by atoms with Crippen LogP contribution >= 0.6 is 22.9 Å². The van der Waals surface area contributed by atoms with Crippen molar-refractivity contribution >= 4 is 34.8 Å². The van der Waals surface area contributed by atoms with Crippen molar-refractivity contribution in [2.45, 2.75) is 39.2 Å². The van der Waals surface area contributed by atoms with Crippen LogP contribution < -0.4 is 15.6 Å². The summed E-state index contributed by atoms with van der Waals surface area (Å²) >= 11 is 7.39. The minimum Gasteiger partial charge on any atom is -0.481 e. The first-order chi connectivity index (χ1) is 11.9. The Bertz CT molecular complexity index is 797. The van der Waals surface area contributed by atoms with E-state index in [2.05, 4.69) is 10.9 Å². The number of amides is 2. The summed E-state index contributed by atoms with van der Waals surface area (Å²) in [6, 6.07) is 7.09. The summed E-state index contributed by atoms with van der Waals surface area (Å²) in [5.74, 6) is -0.150. The molecular formula is C18H19ClN2O3S. The first-order valence-electron chi connectivity index (χ1n) is 8.08. The molecule has 0 saturated heterocycles. The molecule has 25 heavy (non-hydrogen) atoms. The number of fused-ring (bicyclic) bond motifs is 1. The van der Waals surface area contributed by atoms with Gasteiger partial charge in [0.15, 0.2) is 6.10 Å². The second-order valence-electron chi connectivity index (χ2n) is 6.03. The van der Waals surface area contributed by atoms with Crippen LogP contribution in [-0.2, 0) is 17.6 Å². The summed E-state index contributed by atoms with van der Waals surface area (Å²) in [5.41, 5.74) is 6.95. The molecule has 1 aromatic heterocycles. The van der Waals surface area contributed by atoms with Crippen LogP contribution in [0.5, 0.6) is 5.75 Å². The van der Waals surface area contributed by atoms with Crippen LogP contribution in [0.15, 0.2) is 24.3 Å². The summed E-state index contributed by atoms with van der Waals surface area (Å²) in [7, 11) is 0. The van der Waals surface area contributed by atoms with Crippen molar-refractivity contribution in [3.8, 4) is 5.75 Å². The maximum atomic E-state index is 12.2. The number of hydrogen-bond donors (Lipinski definition) is 2. The molecule has 0 bridgehead atoms. The van der Waals surface area contributed by atoms with Crippen molar-refractivity contribution in [2.75, 3.05) is 0 Å². The number of benzene rings is 1. The zero-order valence-electron chi connectivity index (χ0n) is 14.0. The molecule has 1 heterocycles. The van der Waals surface area contributed by atoms with E-state index in [0.29, 0.717) is 15.6 Å². The van der Waals surface area contributed by atoms with Crippen LogP contribution in [0.1, 0.15) is 39.0 Å². The molecule has 0 radical (unpaired) electrons. The number of aryl methyl sites for hydroxylation is 3. The van der Waals surface area contributed by atoms with E-state index in [9.17, 15) is 9.59 Å². The summed E-state index contributed by atoms with van der Waals surface area (Å²) in [6.45, 7) is 3.47. The van der Waals surface area contributed by atoms with E-state index >= 15 is 0 Å². The standard InChI is InChI=1S/C18H19ClN2O3S/c1-10-8-13(19)6-7-14(10)24-11(2)17(22)20-21-18(23)16-9-12-4-3-5-15(12)25-16/h6-9,11H,3-5H2,1-2H3,(H,20,22)(H,21,23). The smallest absolute Gasteiger partial charge is 0.279 e. The average molecular weight is 379 g/mol. The number of thiophene rings is 1. The SMILES string of the molecule is Cc1cc(Cl)ccc1OC(C)C(=O)NNC(=O)c1cc2c(s1)CCC2. The van der Waals surface area contributed by atoms with Crippen LogP contribution in [0.2, 0.25) is 5.02 Å². The van der Waals surface area contributed by atoms with Crippen LogP contribution in [0.25, 0.3) is 0 Å². The molecule has 2 amide bonds. The van der Waals surface area contributed by atoms with Gasteiger partial charge in [0.2, 0.25) is 0 Å². The third-order valence-electron chi connectivity index (χ3n) is 4.08. The van der Waals surface area contributed by atoms with E-state index in [1.807, 2.05) is 13.0 Å². The Balaban J connectivity index is 1.53. The predicted molar refractivity (Wildman–Crippen MR) is 98.2 cm³/mol. The molecule has 1 aromatic carbocycles. The topological polar surface area (TPSA) is 67.4 Å². The molecule has 0 spiro atoms. The zero-order chi connectivity index (χ0) is 18.0. The fourth-order valence-corrected chi connectivity index (χ4v) is 4.09. The molecule has 7 heteroatoms. The number of nitrogens with one attached hydrogen (secondary N) is 2. The summed E-state index contributed by atoms with van der Waals surface area (Å²) < 4.78 is 5.63. The van der Waals surface area contributed by atoms with Crippen LogP contribution in [-0.4, -0.2) is 17.9 Å². The highest BCUT2D eigenvalue weighted by atomic mass is 35.5. The maximum Gasteiger partial charge on any atom is 0.279 e. The van der Waals surface area contributed by atoms with Crippen molar-refractivity contribution < 1.29 is 14.3 Å². The van der Waals surface area contributed by atoms with Crippen LogP contribution in [0, 0.1) is 6.92 Å². The van der Waals surface area contributed by atoms with Gasteiger partial charge >= 0.3 is 0 Å². The van der Waals surface area contributed by atoms with Crippen molar-refractivity contribution in [1.82, 2.24) is 10.9 Å². The normalized spacial score (nSPS) is 13.9. The van der Waals surface area contributed by atoms with Gasteiger partial charge in [0.25, 0.3) is 11.8 Å². The lowest BCUT2D eigenvalue weighted by atomic mass is 10.2. The second-order valence-corrected chi connectivity index (χ2v) is 7.60. The van der Waals surface area contributed by atoms with Crippen LogP contribution in [0.3, 0.4) is 0 Å². The molecule has 5 nitrogen and oxygen atoms in total. The fourth-order valence-electron chi connectivity index (χ4n) is 2.71. The van der Waals surface area contributed by atoms with Gasteiger partial charge in [0, 0.05) is 9.90 Å². The molecule has 1 aliphatic rings. The molecule has 2 N–H and O–H groups in total. The highest BCUT2D eigenvalue weighted by Gasteiger charge is 2.20. The number of rotatable bonds is 4. The van der Waals surface area contributed by atoms with Gasteiger partial charge in [0.05, 0.1) is 4.88 Å². The molecule has 1 unspecified atom stereocenters. The van der Waals surface area contributed by atoms with Gasteiger partial charge in [-0.2, -0.15) is 0 Å². The predicted octanol–water partition coefficient (Wildman–Crippen LogP) is 3.43. The lowest BCUT2D eigenvalue weighted by Gasteiger charge is -2.16. The Hall–Kier alpha value is -2.05. The minimum absolute atomic E-state index is 0.303. The molecule has 1 aliphatic carbocycles. The Morgan fingerprint density at radius 3 is 2.76 bits per heavy atom. The second kappa shape index (κ2) is 7.45. The summed E-state index contributed by atoms with van der Waals surface area (Å²) in [4.78, 5) is 26.2. The first-order valence-corrected chi connectivity index (χ1v) is 9.28. The van der Waals surface area contributed by atoms with Gasteiger partial charge in [-0.3, -0.25) is 20.4 Å². The van der Waals surface area contributed by atoms with E-state index < -0.39 is 12.0 Å². The molecular weight excluding hydrogens is 360 g/mol. The lowest BCUT2D eigenvalue weighted by Crippen LogP contribution is -2.47. The zero-order valence-corrected chi connectivity index (χ0v) is 15.6. The Morgan fingerprint density at radius 2 is 2.04 bits per heavy atom. The van der Waals surface area contributed by atoms with Crippen molar-refractivity contribution in [3.63, 3.8) is 0 Å². The largest absolute Gasteiger partial charge is 0.481 e. The van der Waals surface area contributed by atoms with Gasteiger partial charge in [-0.25, -0.2) is 0 Å². The lowest BCUT2D eigenvalue weighted by molar-refractivity contribution is -0.128. The van der Waals surface area contributed by atoms with Gasteiger partial charge in [-0.1, -0.05) is 11.6 Å². The Kier molecular flexibility index (Phi) is 5.30. The van der Waals surface area contributed by atoms with Crippen molar-refractivity contribution in [3.05, 3.63) is 50.2 Å². The number of halogens is 1. The summed E-state index contributed by atoms with van der Waals surface area (Å²) in [5, 5.41) is 0.608. The highest BCUT2D eigenvalue weighted by Crippen LogP contribution is 2.30. The van der Waals surface area contributed by atoms with E-state index in [0.717, 1.165) is 24.8 Å². The molecule has 0 fully saturated rings. The number of hydrazine groups is 1. The van der Waals surface area contributed by atoms with Gasteiger partial charge in [-0.15, -0.1) is 11.3 Å². The van der Waals surface area contributed by atoms with Gasteiger partial charge in [0.1, 0.15) is 5.75 Å². The quantitative estimate of drug-likeness (QED) is 0.801. The molecule has 0 saturated carbocycles. The average Bonchev–Trinajstić information content (AvgIpc) is 3.16. The van der Waals surface area contributed by atoms with E-state index in [1.54, 1.807) is 25.1 Å².